The molecule has 98 valence electrons. The standard InChI is InChI=1S/C11H15ClF3NO/c12-9-6-17-16(7-11(13,14)15)10(9)8-4-2-1-3-5-8/h6,8,10H,1-5,7H2. The summed E-state index contributed by atoms with van der Waals surface area (Å²) >= 11 is 5.96. The van der Waals surface area contributed by atoms with Gasteiger partial charge in [-0.1, -0.05) is 30.9 Å². The topological polar surface area (TPSA) is 12.5 Å². The van der Waals surface area contributed by atoms with E-state index in [0.29, 0.717) is 5.03 Å². The normalized spacial score (nSPS) is 28.0. The van der Waals surface area contributed by atoms with Crippen LogP contribution in [0.3, 0.4) is 0 Å². The van der Waals surface area contributed by atoms with E-state index in [4.69, 9.17) is 16.4 Å². The van der Waals surface area contributed by atoms with Gasteiger partial charge >= 0.3 is 6.18 Å². The van der Waals surface area contributed by atoms with Crippen molar-refractivity contribution in [2.24, 2.45) is 5.92 Å². The van der Waals surface area contributed by atoms with Crippen LogP contribution in [0.25, 0.3) is 0 Å². The van der Waals surface area contributed by atoms with Gasteiger partial charge in [0.25, 0.3) is 0 Å². The lowest BCUT2D eigenvalue weighted by molar-refractivity contribution is -0.218. The summed E-state index contributed by atoms with van der Waals surface area (Å²) in [7, 11) is 0. The average molecular weight is 270 g/mol. The van der Waals surface area contributed by atoms with Crippen LogP contribution in [0.4, 0.5) is 13.2 Å². The minimum Gasteiger partial charge on any atom is -0.412 e. The quantitative estimate of drug-likeness (QED) is 0.755. The zero-order valence-corrected chi connectivity index (χ0v) is 10.1. The van der Waals surface area contributed by atoms with Crippen LogP contribution in [0.15, 0.2) is 11.3 Å². The third-order valence-electron chi connectivity index (χ3n) is 3.32. The Labute approximate surface area is 103 Å². The summed E-state index contributed by atoms with van der Waals surface area (Å²) in [5.41, 5.74) is 0. The van der Waals surface area contributed by atoms with Gasteiger partial charge in [0.05, 0.1) is 11.1 Å². The lowest BCUT2D eigenvalue weighted by Gasteiger charge is -2.32. The molecule has 1 aliphatic heterocycles. The first-order chi connectivity index (χ1) is 7.97. The molecule has 0 bridgehead atoms. The molecule has 0 N–H and O–H groups in total. The second-order valence-corrected chi connectivity index (χ2v) is 5.08. The van der Waals surface area contributed by atoms with Gasteiger partial charge in [0.2, 0.25) is 0 Å². The molecular formula is C11H15ClF3NO. The highest BCUT2D eigenvalue weighted by Crippen LogP contribution is 2.38. The zero-order chi connectivity index (χ0) is 12.5. The number of halogens is 4. The summed E-state index contributed by atoms with van der Waals surface area (Å²) in [5.74, 6) is 0.178. The Balaban J connectivity index is 2.02. The largest absolute Gasteiger partial charge is 0.412 e. The molecule has 1 unspecified atom stereocenters. The fourth-order valence-electron chi connectivity index (χ4n) is 2.61. The Morgan fingerprint density at radius 3 is 2.53 bits per heavy atom. The van der Waals surface area contributed by atoms with Crippen LogP contribution < -0.4 is 0 Å². The van der Waals surface area contributed by atoms with Crippen LogP contribution >= 0.6 is 11.6 Å². The minimum absolute atomic E-state index is 0.178. The van der Waals surface area contributed by atoms with Crippen LogP contribution in [0.2, 0.25) is 0 Å². The van der Waals surface area contributed by atoms with Gasteiger partial charge in [-0.3, -0.25) is 0 Å². The first-order valence-corrected chi connectivity index (χ1v) is 6.21. The molecule has 0 aromatic carbocycles. The van der Waals surface area contributed by atoms with Crippen molar-refractivity contribution in [3.05, 3.63) is 11.3 Å². The highest BCUT2D eigenvalue weighted by atomic mass is 35.5. The molecule has 0 saturated heterocycles. The van der Waals surface area contributed by atoms with E-state index in [-0.39, 0.29) is 5.92 Å². The van der Waals surface area contributed by atoms with E-state index in [0.717, 1.165) is 37.2 Å². The number of alkyl halides is 3. The molecule has 1 saturated carbocycles. The number of hydrogen-bond acceptors (Lipinski definition) is 2. The smallest absolute Gasteiger partial charge is 0.404 e. The van der Waals surface area contributed by atoms with Crippen LogP contribution in [-0.4, -0.2) is 23.8 Å². The Morgan fingerprint density at radius 2 is 1.94 bits per heavy atom. The maximum atomic E-state index is 12.4. The first-order valence-electron chi connectivity index (χ1n) is 5.83. The van der Waals surface area contributed by atoms with Crippen molar-refractivity contribution < 1.29 is 18.0 Å². The number of hydroxylamine groups is 2. The monoisotopic (exact) mass is 269 g/mol. The van der Waals surface area contributed by atoms with Crippen molar-refractivity contribution in [3.63, 3.8) is 0 Å². The van der Waals surface area contributed by atoms with E-state index >= 15 is 0 Å². The Kier molecular flexibility index (Phi) is 3.88. The van der Waals surface area contributed by atoms with Gasteiger partial charge in [-0.2, -0.15) is 13.2 Å². The molecule has 1 atom stereocenters. The molecule has 0 aromatic rings. The first kappa shape index (κ1) is 13.0. The predicted molar refractivity (Wildman–Crippen MR) is 58.1 cm³/mol. The van der Waals surface area contributed by atoms with E-state index in [1.54, 1.807) is 0 Å². The van der Waals surface area contributed by atoms with Crippen LogP contribution in [0.5, 0.6) is 0 Å². The van der Waals surface area contributed by atoms with E-state index in [9.17, 15) is 13.2 Å². The van der Waals surface area contributed by atoms with Gasteiger partial charge in [0.1, 0.15) is 12.8 Å². The summed E-state index contributed by atoms with van der Waals surface area (Å²) in [5, 5.41) is 1.36. The molecule has 2 aliphatic rings. The van der Waals surface area contributed by atoms with Gasteiger partial charge in [-0.15, -0.1) is 5.06 Å². The van der Waals surface area contributed by atoms with Gasteiger partial charge in [0, 0.05) is 0 Å². The second-order valence-electron chi connectivity index (χ2n) is 4.64. The summed E-state index contributed by atoms with van der Waals surface area (Å²) in [4.78, 5) is 4.93. The molecule has 2 nitrogen and oxygen atoms in total. The fourth-order valence-corrected chi connectivity index (χ4v) is 2.94. The Morgan fingerprint density at radius 1 is 1.29 bits per heavy atom. The number of hydrogen-bond donors (Lipinski definition) is 0. The van der Waals surface area contributed by atoms with Crippen molar-refractivity contribution in [2.75, 3.05) is 6.54 Å². The van der Waals surface area contributed by atoms with E-state index in [1.807, 2.05) is 0 Å². The number of rotatable bonds is 2. The van der Waals surface area contributed by atoms with Crippen molar-refractivity contribution in [1.29, 1.82) is 0 Å². The summed E-state index contributed by atoms with van der Waals surface area (Å²) in [6, 6.07) is -0.418. The van der Waals surface area contributed by atoms with E-state index < -0.39 is 18.8 Å². The molecule has 6 heteroatoms. The van der Waals surface area contributed by atoms with Gasteiger partial charge in [0.15, 0.2) is 0 Å². The molecule has 0 aromatic heterocycles. The van der Waals surface area contributed by atoms with Crippen LogP contribution in [0, 0.1) is 5.92 Å². The highest BCUT2D eigenvalue weighted by Gasteiger charge is 2.42. The third-order valence-corrected chi connectivity index (χ3v) is 3.64. The zero-order valence-electron chi connectivity index (χ0n) is 9.34. The second kappa shape index (κ2) is 5.06. The van der Waals surface area contributed by atoms with Gasteiger partial charge < -0.3 is 4.84 Å². The van der Waals surface area contributed by atoms with E-state index in [1.165, 1.54) is 6.26 Å². The molecular weight excluding hydrogens is 255 g/mol. The van der Waals surface area contributed by atoms with E-state index in [2.05, 4.69) is 0 Å². The van der Waals surface area contributed by atoms with Crippen molar-refractivity contribution in [3.8, 4) is 0 Å². The third kappa shape index (κ3) is 3.28. The molecule has 2 rings (SSSR count). The highest BCUT2D eigenvalue weighted by molar-refractivity contribution is 6.30. The molecule has 0 spiro atoms. The Bertz CT molecular complexity index is 300. The molecule has 0 radical (unpaired) electrons. The van der Waals surface area contributed by atoms with Crippen LogP contribution in [0.1, 0.15) is 32.1 Å². The maximum Gasteiger partial charge on any atom is 0.404 e. The molecule has 1 heterocycles. The fraction of sp³-hybridized carbons (Fsp3) is 0.818. The van der Waals surface area contributed by atoms with Crippen molar-refractivity contribution in [1.82, 2.24) is 5.06 Å². The van der Waals surface area contributed by atoms with Crippen molar-refractivity contribution in [2.45, 2.75) is 44.3 Å². The van der Waals surface area contributed by atoms with Crippen LogP contribution in [-0.2, 0) is 4.84 Å². The number of nitrogens with zero attached hydrogens (tertiary/aromatic N) is 1. The Hall–Kier alpha value is -0.420. The minimum atomic E-state index is -4.26. The van der Waals surface area contributed by atoms with Gasteiger partial charge in [-0.05, 0) is 18.8 Å². The molecule has 1 aliphatic carbocycles. The maximum absolute atomic E-state index is 12.4. The summed E-state index contributed by atoms with van der Waals surface area (Å²) in [6.07, 6.45) is 2.09. The predicted octanol–water partition coefficient (Wildman–Crippen LogP) is 3.83. The molecule has 17 heavy (non-hydrogen) atoms. The molecule has 0 amide bonds. The van der Waals surface area contributed by atoms with Gasteiger partial charge in [-0.25, -0.2) is 0 Å². The van der Waals surface area contributed by atoms with Crippen molar-refractivity contribution >= 4 is 11.6 Å². The summed E-state index contributed by atoms with van der Waals surface area (Å²) < 4.78 is 37.2. The SMILES string of the molecule is FC(F)(F)CN1OC=C(Cl)C1C1CCCCC1. The lowest BCUT2D eigenvalue weighted by Crippen LogP contribution is -2.42. The summed E-state index contributed by atoms with van der Waals surface area (Å²) in [6.45, 7) is -1.07. The molecule has 1 fully saturated rings. The average Bonchev–Trinajstić information content (AvgIpc) is 2.58. The lowest BCUT2D eigenvalue weighted by atomic mass is 9.84.